The summed E-state index contributed by atoms with van der Waals surface area (Å²) in [7, 11) is 2.11. The van der Waals surface area contributed by atoms with Crippen LogP contribution in [-0.2, 0) is 0 Å². The van der Waals surface area contributed by atoms with E-state index in [0.29, 0.717) is 17.3 Å². The molecular weight excluding hydrogens is 298 g/mol. The minimum Gasteiger partial charge on any atom is -0.364 e. The molecule has 1 N–H and O–H groups in total. The normalized spacial score (nSPS) is 18.9. The molecule has 23 heavy (non-hydrogen) atoms. The lowest BCUT2D eigenvalue weighted by Crippen LogP contribution is -2.40. The van der Waals surface area contributed by atoms with Crippen LogP contribution in [0.25, 0.3) is 11.3 Å². The molecule has 0 radical (unpaired) electrons. The van der Waals surface area contributed by atoms with E-state index >= 15 is 0 Å². The quantitative estimate of drug-likeness (QED) is 0.943. The minimum absolute atomic E-state index is 0.357. The summed E-state index contributed by atoms with van der Waals surface area (Å²) in [5, 5.41) is 11.8. The Balaban J connectivity index is 1.78. The van der Waals surface area contributed by atoms with E-state index in [-0.39, 0.29) is 0 Å². The van der Waals surface area contributed by atoms with E-state index in [1.165, 1.54) is 6.07 Å². The van der Waals surface area contributed by atoms with Crippen LogP contribution in [0.4, 0.5) is 14.6 Å². The van der Waals surface area contributed by atoms with Crippen LogP contribution in [0.3, 0.4) is 0 Å². The molecule has 0 amide bonds. The lowest BCUT2D eigenvalue weighted by atomic mass is 10.1. The van der Waals surface area contributed by atoms with Crippen LogP contribution >= 0.6 is 0 Å². The monoisotopic (exact) mass is 318 g/mol. The first kappa shape index (κ1) is 15.8. The number of halogens is 2. The Morgan fingerprint density at radius 2 is 2.00 bits per heavy atom. The van der Waals surface area contributed by atoms with Gasteiger partial charge >= 0.3 is 0 Å². The van der Waals surface area contributed by atoms with Crippen molar-refractivity contribution in [3.8, 4) is 11.3 Å². The second-order valence-corrected chi connectivity index (χ2v) is 6.14. The van der Waals surface area contributed by atoms with Crippen molar-refractivity contribution in [1.82, 2.24) is 15.1 Å². The Bertz CT molecular complexity index is 705. The molecule has 1 aromatic carbocycles. The molecule has 1 fully saturated rings. The van der Waals surface area contributed by atoms with Crippen LogP contribution in [0.15, 0.2) is 24.3 Å². The molecule has 2 heterocycles. The molecule has 0 saturated carbocycles. The number of nitrogens with one attached hydrogen (secondary N) is 1. The maximum absolute atomic E-state index is 13.4. The zero-order valence-corrected chi connectivity index (χ0v) is 13.3. The van der Waals surface area contributed by atoms with Gasteiger partial charge in [0, 0.05) is 18.2 Å². The fourth-order valence-corrected chi connectivity index (χ4v) is 2.90. The number of nitrogens with zero attached hydrogens (tertiary/aromatic N) is 3. The molecule has 1 saturated heterocycles. The number of anilines is 1. The first-order valence-electron chi connectivity index (χ1n) is 7.78. The highest BCUT2D eigenvalue weighted by molar-refractivity contribution is 5.61. The standard InChI is InChI=1S/C17H20F2N4/c1-11-8-16(12-5-6-14(18)15(19)9-12)21-22-17(11)20-13-4-3-7-23(2)10-13/h5-6,8-9,13H,3-4,7,10H2,1-2H3,(H,20,22)/t13-/m1/s1. The highest BCUT2D eigenvalue weighted by Gasteiger charge is 2.18. The fraction of sp³-hybridized carbons (Fsp3) is 0.412. The largest absolute Gasteiger partial charge is 0.364 e. The lowest BCUT2D eigenvalue weighted by Gasteiger charge is -2.30. The van der Waals surface area contributed by atoms with Crippen LogP contribution in [0.1, 0.15) is 18.4 Å². The van der Waals surface area contributed by atoms with E-state index in [9.17, 15) is 8.78 Å². The molecule has 1 aliphatic heterocycles. The summed E-state index contributed by atoms with van der Waals surface area (Å²) in [6.45, 7) is 4.04. The first-order chi connectivity index (χ1) is 11.0. The topological polar surface area (TPSA) is 41.1 Å². The molecule has 0 unspecified atom stereocenters. The number of hydrogen-bond donors (Lipinski definition) is 1. The summed E-state index contributed by atoms with van der Waals surface area (Å²) < 4.78 is 26.4. The molecule has 0 aliphatic carbocycles. The van der Waals surface area contributed by atoms with Gasteiger partial charge in [0.15, 0.2) is 17.5 Å². The summed E-state index contributed by atoms with van der Waals surface area (Å²) in [4.78, 5) is 2.29. The Kier molecular flexibility index (Phi) is 4.52. The van der Waals surface area contributed by atoms with Gasteiger partial charge in [-0.25, -0.2) is 8.78 Å². The average molecular weight is 318 g/mol. The van der Waals surface area contributed by atoms with E-state index in [1.54, 1.807) is 0 Å². The van der Waals surface area contributed by atoms with Gasteiger partial charge in [-0.15, -0.1) is 10.2 Å². The molecule has 122 valence electrons. The predicted octanol–water partition coefficient (Wildman–Crippen LogP) is 3.24. The third-order valence-electron chi connectivity index (χ3n) is 4.17. The average Bonchev–Trinajstić information content (AvgIpc) is 2.52. The van der Waals surface area contributed by atoms with Crippen molar-refractivity contribution >= 4 is 5.82 Å². The van der Waals surface area contributed by atoms with E-state index in [1.807, 2.05) is 13.0 Å². The molecule has 0 bridgehead atoms. The first-order valence-corrected chi connectivity index (χ1v) is 7.78. The van der Waals surface area contributed by atoms with Crippen LogP contribution in [-0.4, -0.2) is 41.3 Å². The molecular formula is C17H20F2N4. The van der Waals surface area contributed by atoms with Crippen molar-refractivity contribution in [1.29, 1.82) is 0 Å². The molecule has 3 rings (SSSR count). The van der Waals surface area contributed by atoms with Crippen LogP contribution < -0.4 is 5.32 Å². The third kappa shape index (κ3) is 3.64. The van der Waals surface area contributed by atoms with Gasteiger partial charge in [0.1, 0.15) is 0 Å². The number of rotatable bonds is 3. The highest BCUT2D eigenvalue weighted by atomic mass is 19.2. The predicted molar refractivity (Wildman–Crippen MR) is 86.3 cm³/mol. The number of aryl methyl sites for hydroxylation is 1. The molecule has 1 atom stereocenters. The summed E-state index contributed by atoms with van der Waals surface area (Å²) in [5.41, 5.74) is 1.99. The third-order valence-corrected chi connectivity index (χ3v) is 4.17. The SMILES string of the molecule is Cc1cc(-c2ccc(F)c(F)c2)nnc1N[C@@H]1CCCN(C)C1. The number of benzene rings is 1. The summed E-state index contributed by atoms with van der Waals surface area (Å²) >= 11 is 0. The minimum atomic E-state index is -0.880. The number of piperidine rings is 1. The van der Waals surface area contributed by atoms with Gasteiger partial charge in [0.25, 0.3) is 0 Å². The molecule has 0 spiro atoms. The number of hydrogen-bond acceptors (Lipinski definition) is 4. The van der Waals surface area contributed by atoms with Gasteiger partial charge in [-0.2, -0.15) is 0 Å². The molecule has 6 heteroatoms. The Morgan fingerprint density at radius 1 is 1.17 bits per heavy atom. The molecule has 1 aliphatic rings. The van der Waals surface area contributed by atoms with Gasteiger partial charge in [-0.1, -0.05) is 0 Å². The number of likely N-dealkylation sites (N-methyl/N-ethyl adjacent to an activating group) is 1. The van der Waals surface area contributed by atoms with Crippen LogP contribution in [0, 0.1) is 18.6 Å². The molecule has 4 nitrogen and oxygen atoms in total. The maximum Gasteiger partial charge on any atom is 0.159 e. The number of likely N-dealkylation sites (tertiary alicyclic amines) is 1. The second kappa shape index (κ2) is 6.58. The zero-order chi connectivity index (χ0) is 16.4. The van der Waals surface area contributed by atoms with Gasteiger partial charge in [-0.3, -0.25) is 0 Å². The van der Waals surface area contributed by atoms with Crippen molar-refractivity contribution in [3.05, 3.63) is 41.5 Å². The summed E-state index contributed by atoms with van der Waals surface area (Å²) in [5.74, 6) is -0.996. The van der Waals surface area contributed by atoms with Gasteiger partial charge in [0.2, 0.25) is 0 Å². The zero-order valence-electron chi connectivity index (χ0n) is 13.3. The van der Waals surface area contributed by atoms with Crippen LogP contribution in [0.5, 0.6) is 0 Å². The maximum atomic E-state index is 13.4. The van der Waals surface area contributed by atoms with Crippen molar-refractivity contribution in [2.24, 2.45) is 0 Å². The van der Waals surface area contributed by atoms with E-state index in [2.05, 4.69) is 27.5 Å². The lowest BCUT2D eigenvalue weighted by molar-refractivity contribution is 0.260. The smallest absolute Gasteiger partial charge is 0.159 e. The van der Waals surface area contributed by atoms with Crippen molar-refractivity contribution in [2.45, 2.75) is 25.8 Å². The molecule has 1 aromatic heterocycles. The van der Waals surface area contributed by atoms with Crippen LogP contribution in [0.2, 0.25) is 0 Å². The van der Waals surface area contributed by atoms with Gasteiger partial charge < -0.3 is 10.2 Å². The van der Waals surface area contributed by atoms with Crippen molar-refractivity contribution in [2.75, 3.05) is 25.5 Å². The van der Waals surface area contributed by atoms with E-state index in [0.717, 1.165) is 49.4 Å². The van der Waals surface area contributed by atoms with E-state index in [4.69, 9.17) is 0 Å². The fourth-order valence-electron chi connectivity index (χ4n) is 2.90. The van der Waals surface area contributed by atoms with Crippen molar-refractivity contribution < 1.29 is 8.78 Å². The highest BCUT2D eigenvalue weighted by Crippen LogP contribution is 2.23. The Hall–Kier alpha value is -2.08. The van der Waals surface area contributed by atoms with Crippen molar-refractivity contribution in [3.63, 3.8) is 0 Å². The van der Waals surface area contributed by atoms with Gasteiger partial charge in [-0.05, 0) is 63.2 Å². The Labute approximate surface area is 134 Å². The van der Waals surface area contributed by atoms with E-state index < -0.39 is 11.6 Å². The number of aromatic nitrogens is 2. The summed E-state index contributed by atoms with van der Waals surface area (Å²) in [6, 6.07) is 5.95. The second-order valence-electron chi connectivity index (χ2n) is 6.14. The van der Waals surface area contributed by atoms with Gasteiger partial charge in [0.05, 0.1) is 5.69 Å². The Morgan fingerprint density at radius 3 is 2.70 bits per heavy atom. The summed E-state index contributed by atoms with van der Waals surface area (Å²) in [6.07, 6.45) is 2.27. The molecule has 2 aromatic rings.